The molecule has 0 radical (unpaired) electrons. The molecule has 2 aliphatic rings. The number of nitrogens with zero attached hydrogens (tertiary/aromatic N) is 4. The SMILES string of the molecule is N[C@@H]1C(=O)N2C(C(=O)O)=C(C(CS(=O)(=O)O)Sc3nn[nH]n3)CS[C@@H]12. The lowest BCUT2D eigenvalue weighted by atomic mass is 10.0. The van der Waals surface area contributed by atoms with Crippen LogP contribution < -0.4 is 5.73 Å². The number of β-lactam (4-membered cyclic amide) rings is 1. The standard InChI is InChI=1S/C10H12N6O6S3/c11-5-7(17)16-6(9(18)19)3(1-23-8(5)16)4(2-25(20,21)22)24-10-12-14-15-13-10/h4-5,8H,1-2,11H2,(H,18,19)(H,20,21,22)(H,12,13,14,15)/t4?,5-,8+/m1/s1. The van der Waals surface area contributed by atoms with Crippen LogP contribution >= 0.6 is 23.5 Å². The van der Waals surface area contributed by atoms with Gasteiger partial charge in [-0.1, -0.05) is 11.8 Å². The summed E-state index contributed by atoms with van der Waals surface area (Å²) in [5.74, 6) is -2.57. The number of nitrogens with one attached hydrogen (secondary N) is 1. The van der Waals surface area contributed by atoms with E-state index in [4.69, 9.17) is 5.73 Å². The molecule has 3 rings (SSSR count). The van der Waals surface area contributed by atoms with Crippen molar-refractivity contribution in [2.75, 3.05) is 11.5 Å². The Morgan fingerprint density at radius 2 is 2.28 bits per heavy atom. The first kappa shape index (κ1) is 18.1. The third kappa shape index (κ3) is 3.50. The average Bonchev–Trinajstić information content (AvgIpc) is 3.03. The summed E-state index contributed by atoms with van der Waals surface area (Å²) in [6, 6.07) is -0.800. The summed E-state index contributed by atoms with van der Waals surface area (Å²) >= 11 is 2.05. The highest BCUT2D eigenvalue weighted by molar-refractivity contribution is 8.01. The first-order valence-electron chi connectivity index (χ1n) is 6.71. The number of aromatic amines is 1. The molecular formula is C10H12N6O6S3. The molecule has 5 N–H and O–H groups in total. The lowest BCUT2D eigenvalue weighted by Gasteiger charge is -2.48. The van der Waals surface area contributed by atoms with E-state index in [1.54, 1.807) is 0 Å². The quantitative estimate of drug-likeness (QED) is 0.233. The maximum atomic E-state index is 12.0. The summed E-state index contributed by atoms with van der Waals surface area (Å²) in [6.07, 6.45) is 0. The number of H-pyrrole nitrogens is 1. The normalized spacial score (nSPS) is 24.7. The van der Waals surface area contributed by atoms with Crippen molar-refractivity contribution in [1.82, 2.24) is 25.5 Å². The molecule has 3 atom stereocenters. The molecule has 0 aromatic carbocycles. The molecule has 1 unspecified atom stereocenters. The number of fused-ring (bicyclic) bond motifs is 1. The lowest BCUT2D eigenvalue weighted by molar-refractivity contribution is -0.148. The number of rotatable bonds is 6. The van der Waals surface area contributed by atoms with Crippen LogP contribution in [0.15, 0.2) is 16.4 Å². The fourth-order valence-electron chi connectivity index (χ4n) is 2.51. The predicted octanol–water partition coefficient (Wildman–Crippen LogP) is -1.87. The Morgan fingerprint density at radius 1 is 1.56 bits per heavy atom. The van der Waals surface area contributed by atoms with Crippen molar-refractivity contribution in [3.05, 3.63) is 11.3 Å². The number of carbonyl (C=O) groups excluding carboxylic acids is 1. The third-order valence-electron chi connectivity index (χ3n) is 3.57. The minimum Gasteiger partial charge on any atom is -0.477 e. The molecule has 1 amide bonds. The Morgan fingerprint density at radius 3 is 2.84 bits per heavy atom. The molecule has 1 saturated heterocycles. The second-order valence-electron chi connectivity index (χ2n) is 5.16. The molecule has 0 bridgehead atoms. The van der Waals surface area contributed by atoms with Crippen molar-refractivity contribution >= 4 is 45.5 Å². The van der Waals surface area contributed by atoms with E-state index in [-0.39, 0.29) is 22.2 Å². The van der Waals surface area contributed by atoms with E-state index in [0.29, 0.717) is 0 Å². The van der Waals surface area contributed by atoms with Crippen molar-refractivity contribution in [1.29, 1.82) is 0 Å². The van der Waals surface area contributed by atoms with Gasteiger partial charge in [0.05, 0.1) is 11.0 Å². The van der Waals surface area contributed by atoms with Gasteiger partial charge in [0, 0.05) is 5.75 Å². The Hall–Kier alpha value is -1.68. The molecule has 3 heterocycles. The zero-order valence-corrected chi connectivity index (χ0v) is 14.7. The van der Waals surface area contributed by atoms with Crippen LogP contribution in [0.1, 0.15) is 0 Å². The number of carboxylic acid groups (broad SMARTS) is 1. The van der Waals surface area contributed by atoms with Gasteiger partial charge in [-0.15, -0.1) is 22.0 Å². The summed E-state index contributed by atoms with van der Waals surface area (Å²) < 4.78 is 31.9. The van der Waals surface area contributed by atoms with Gasteiger partial charge in [-0.2, -0.15) is 13.6 Å². The monoisotopic (exact) mass is 408 g/mol. The van der Waals surface area contributed by atoms with Gasteiger partial charge in [-0.25, -0.2) is 4.79 Å². The number of carboxylic acids is 1. The molecule has 136 valence electrons. The molecule has 1 aromatic rings. The number of tetrazole rings is 1. The van der Waals surface area contributed by atoms with E-state index in [0.717, 1.165) is 16.7 Å². The van der Waals surface area contributed by atoms with Gasteiger partial charge in [0.15, 0.2) is 0 Å². The number of carbonyl (C=O) groups is 2. The van der Waals surface area contributed by atoms with Gasteiger partial charge < -0.3 is 10.8 Å². The van der Waals surface area contributed by atoms with Gasteiger partial charge in [0.1, 0.15) is 17.1 Å². The number of amides is 1. The molecule has 1 aromatic heterocycles. The highest BCUT2D eigenvalue weighted by Crippen LogP contribution is 2.43. The van der Waals surface area contributed by atoms with Crippen molar-refractivity contribution < 1.29 is 27.7 Å². The Bertz CT molecular complexity index is 839. The zero-order valence-electron chi connectivity index (χ0n) is 12.3. The molecule has 25 heavy (non-hydrogen) atoms. The molecule has 12 nitrogen and oxygen atoms in total. The highest BCUT2D eigenvalue weighted by Gasteiger charge is 2.52. The van der Waals surface area contributed by atoms with Gasteiger partial charge in [0.2, 0.25) is 11.1 Å². The Kier molecular flexibility index (Phi) is 4.76. The second kappa shape index (κ2) is 6.56. The molecule has 0 saturated carbocycles. The summed E-state index contributed by atoms with van der Waals surface area (Å²) in [6.45, 7) is 0. The Balaban J connectivity index is 2.02. The predicted molar refractivity (Wildman–Crippen MR) is 86.0 cm³/mol. The number of aromatic nitrogens is 4. The summed E-state index contributed by atoms with van der Waals surface area (Å²) in [7, 11) is -4.43. The number of hydrogen-bond acceptors (Lipinski definition) is 10. The van der Waals surface area contributed by atoms with Crippen LogP contribution in [0, 0.1) is 0 Å². The number of thioether (sulfide) groups is 2. The van der Waals surface area contributed by atoms with E-state index >= 15 is 0 Å². The number of aliphatic carboxylic acids is 1. The Labute approximate surface area is 149 Å². The van der Waals surface area contributed by atoms with Gasteiger partial charge in [-0.3, -0.25) is 14.2 Å². The third-order valence-corrected chi connectivity index (χ3v) is 6.97. The van der Waals surface area contributed by atoms with Crippen LogP contribution in [0.4, 0.5) is 0 Å². The van der Waals surface area contributed by atoms with Crippen molar-refractivity contribution in [2.45, 2.75) is 21.8 Å². The van der Waals surface area contributed by atoms with Crippen LogP contribution in [0.3, 0.4) is 0 Å². The van der Waals surface area contributed by atoms with Crippen LogP contribution in [-0.4, -0.2) is 83.6 Å². The van der Waals surface area contributed by atoms with Crippen molar-refractivity contribution in [3.8, 4) is 0 Å². The van der Waals surface area contributed by atoms with Crippen LogP contribution in [0.2, 0.25) is 0 Å². The summed E-state index contributed by atoms with van der Waals surface area (Å²) in [5.41, 5.74) is 5.52. The summed E-state index contributed by atoms with van der Waals surface area (Å²) in [5, 5.41) is 21.0. The highest BCUT2D eigenvalue weighted by atomic mass is 32.2. The number of nitrogens with two attached hydrogens (primary N) is 1. The summed E-state index contributed by atoms with van der Waals surface area (Å²) in [4.78, 5) is 24.7. The average molecular weight is 408 g/mol. The van der Waals surface area contributed by atoms with Crippen LogP contribution in [0.25, 0.3) is 0 Å². The molecular weight excluding hydrogens is 396 g/mol. The minimum absolute atomic E-state index is 0.0737. The van der Waals surface area contributed by atoms with E-state index < -0.39 is 44.4 Å². The van der Waals surface area contributed by atoms with Crippen molar-refractivity contribution in [3.63, 3.8) is 0 Å². The fraction of sp³-hybridized carbons (Fsp3) is 0.500. The minimum atomic E-state index is -4.43. The van der Waals surface area contributed by atoms with Crippen molar-refractivity contribution in [2.24, 2.45) is 5.73 Å². The van der Waals surface area contributed by atoms with Crippen LogP contribution in [-0.2, 0) is 19.7 Å². The largest absolute Gasteiger partial charge is 0.477 e. The zero-order chi connectivity index (χ0) is 18.4. The second-order valence-corrected chi connectivity index (χ2v) is 8.94. The smallest absolute Gasteiger partial charge is 0.352 e. The molecule has 15 heteroatoms. The maximum Gasteiger partial charge on any atom is 0.352 e. The maximum absolute atomic E-state index is 12.0. The molecule has 1 fully saturated rings. The fourth-order valence-corrected chi connectivity index (χ4v) is 6.13. The van der Waals surface area contributed by atoms with Gasteiger partial charge in [0.25, 0.3) is 10.1 Å². The molecule has 0 aliphatic carbocycles. The first-order valence-corrected chi connectivity index (χ1v) is 10.2. The van der Waals surface area contributed by atoms with E-state index in [1.165, 1.54) is 11.8 Å². The number of hydrogen-bond donors (Lipinski definition) is 4. The van der Waals surface area contributed by atoms with Gasteiger partial charge >= 0.3 is 5.97 Å². The van der Waals surface area contributed by atoms with Crippen LogP contribution in [0.5, 0.6) is 0 Å². The van der Waals surface area contributed by atoms with E-state index in [9.17, 15) is 27.7 Å². The van der Waals surface area contributed by atoms with E-state index in [1.807, 2.05) is 0 Å². The lowest BCUT2D eigenvalue weighted by Crippen LogP contribution is -2.68. The topological polar surface area (TPSA) is 192 Å². The molecule has 2 aliphatic heterocycles. The van der Waals surface area contributed by atoms with Gasteiger partial charge in [-0.05, 0) is 10.8 Å². The first-order chi connectivity index (χ1) is 11.7. The molecule has 0 spiro atoms. The van der Waals surface area contributed by atoms with E-state index in [2.05, 4.69) is 20.6 Å².